The van der Waals surface area contributed by atoms with Gasteiger partial charge in [0, 0.05) is 11.8 Å². The standard InChI is InChI=1S/C12H8ClF3N2O/c1-19-10-3-2-6(4-7(10)13)17-12-9(15)5-8(14)11(16)18-12/h2-5H,1H3,(H,17,18). The van der Waals surface area contributed by atoms with Crippen LogP contribution in [-0.2, 0) is 0 Å². The van der Waals surface area contributed by atoms with Crippen molar-refractivity contribution in [1.82, 2.24) is 4.98 Å². The lowest BCUT2D eigenvalue weighted by Gasteiger charge is -2.09. The van der Waals surface area contributed by atoms with Crippen molar-refractivity contribution in [2.45, 2.75) is 0 Å². The minimum atomic E-state index is -1.39. The molecule has 1 aromatic carbocycles. The summed E-state index contributed by atoms with van der Waals surface area (Å²) >= 11 is 5.88. The van der Waals surface area contributed by atoms with Crippen LogP contribution in [0.25, 0.3) is 0 Å². The van der Waals surface area contributed by atoms with Crippen molar-refractivity contribution >= 4 is 23.1 Å². The molecule has 1 heterocycles. The molecular formula is C12H8ClF3N2O. The Kier molecular flexibility index (Phi) is 3.80. The highest BCUT2D eigenvalue weighted by molar-refractivity contribution is 6.32. The van der Waals surface area contributed by atoms with E-state index in [2.05, 4.69) is 10.3 Å². The van der Waals surface area contributed by atoms with Gasteiger partial charge in [-0.3, -0.25) is 0 Å². The van der Waals surface area contributed by atoms with E-state index in [1.165, 1.54) is 19.2 Å². The van der Waals surface area contributed by atoms with Gasteiger partial charge in [-0.1, -0.05) is 11.6 Å². The molecule has 0 atom stereocenters. The zero-order chi connectivity index (χ0) is 14.0. The number of nitrogens with one attached hydrogen (secondary N) is 1. The number of halogens is 4. The van der Waals surface area contributed by atoms with Gasteiger partial charge in [0.25, 0.3) is 5.95 Å². The molecule has 19 heavy (non-hydrogen) atoms. The highest BCUT2D eigenvalue weighted by atomic mass is 35.5. The van der Waals surface area contributed by atoms with Crippen molar-refractivity contribution in [3.63, 3.8) is 0 Å². The Labute approximate surface area is 112 Å². The SMILES string of the molecule is COc1ccc(Nc2nc(F)c(F)cc2F)cc1Cl. The molecular weight excluding hydrogens is 281 g/mol. The lowest BCUT2D eigenvalue weighted by Crippen LogP contribution is -2.01. The number of rotatable bonds is 3. The van der Waals surface area contributed by atoms with E-state index in [0.717, 1.165) is 0 Å². The van der Waals surface area contributed by atoms with Crippen molar-refractivity contribution in [3.8, 4) is 5.75 Å². The molecule has 0 aliphatic carbocycles. The molecule has 0 amide bonds. The molecule has 0 aliphatic heterocycles. The fourth-order valence-electron chi connectivity index (χ4n) is 1.41. The largest absolute Gasteiger partial charge is 0.495 e. The lowest BCUT2D eigenvalue weighted by atomic mass is 10.3. The van der Waals surface area contributed by atoms with Gasteiger partial charge in [0.15, 0.2) is 17.5 Å². The number of hydrogen-bond donors (Lipinski definition) is 1. The molecule has 100 valence electrons. The second-order valence-electron chi connectivity index (χ2n) is 3.57. The van der Waals surface area contributed by atoms with Gasteiger partial charge >= 0.3 is 0 Å². The van der Waals surface area contributed by atoms with Crippen molar-refractivity contribution < 1.29 is 17.9 Å². The van der Waals surface area contributed by atoms with Crippen LogP contribution in [0.4, 0.5) is 24.7 Å². The quantitative estimate of drug-likeness (QED) is 0.870. The summed E-state index contributed by atoms with van der Waals surface area (Å²) in [5.41, 5.74) is 0.364. The van der Waals surface area contributed by atoms with Gasteiger partial charge in [0.2, 0.25) is 0 Å². The lowest BCUT2D eigenvalue weighted by molar-refractivity contribution is 0.415. The molecule has 2 rings (SSSR count). The molecule has 0 saturated heterocycles. The predicted molar refractivity (Wildman–Crippen MR) is 65.4 cm³/mol. The fourth-order valence-corrected chi connectivity index (χ4v) is 1.67. The molecule has 7 heteroatoms. The maximum atomic E-state index is 13.4. The first-order valence-corrected chi connectivity index (χ1v) is 5.51. The summed E-state index contributed by atoms with van der Waals surface area (Å²) < 4.78 is 44.0. The topological polar surface area (TPSA) is 34.1 Å². The molecule has 0 aliphatic rings. The number of hydrogen-bond acceptors (Lipinski definition) is 3. The van der Waals surface area contributed by atoms with Crippen LogP contribution in [0.2, 0.25) is 5.02 Å². The van der Waals surface area contributed by atoms with E-state index in [-0.39, 0.29) is 5.02 Å². The molecule has 0 fully saturated rings. The maximum Gasteiger partial charge on any atom is 0.251 e. The van der Waals surface area contributed by atoms with Gasteiger partial charge in [-0.05, 0) is 18.2 Å². The van der Waals surface area contributed by atoms with Crippen LogP contribution in [0.3, 0.4) is 0 Å². The van der Waals surface area contributed by atoms with E-state index in [0.29, 0.717) is 17.5 Å². The third-order valence-corrected chi connectivity index (χ3v) is 2.60. The summed E-state index contributed by atoms with van der Waals surface area (Å²) in [4.78, 5) is 3.14. The average Bonchev–Trinajstić information content (AvgIpc) is 2.36. The Morgan fingerprint density at radius 2 is 1.89 bits per heavy atom. The fraction of sp³-hybridized carbons (Fsp3) is 0.0833. The van der Waals surface area contributed by atoms with E-state index in [1.807, 2.05) is 0 Å². The number of ether oxygens (including phenoxy) is 1. The summed E-state index contributed by atoms with van der Waals surface area (Å²) in [5.74, 6) is -3.74. The molecule has 2 aromatic rings. The molecule has 0 bridgehead atoms. The van der Waals surface area contributed by atoms with Crippen LogP contribution in [-0.4, -0.2) is 12.1 Å². The average molecular weight is 289 g/mol. The molecule has 0 radical (unpaired) electrons. The third-order valence-electron chi connectivity index (χ3n) is 2.30. The minimum absolute atomic E-state index is 0.287. The third kappa shape index (κ3) is 2.90. The number of aromatic nitrogens is 1. The highest BCUT2D eigenvalue weighted by Crippen LogP contribution is 2.29. The zero-order valence-corrected chi connectivity index (χ0v) is 10.4. The van der Waals surface area contributed by atoms with Crippen molar-refractivity contribution in [2.24, 2.45) is 0 Å². The first-order valence-electron chi connectivity index (χ1n) is 5.13. The Morgan fingerprint density at radius 1 is 1.16 bits per heavy atom. The van der Waals surface area contributed by atoms with E-state index in [9.17, 15) is 13.2 Å². The van der Waals surface area contributed by atoms with E-state index < -0.39 is 23.4 Å². The highest BCUT2D eigenvalue weighted by Gasteiger charge is 2.12. The Hall–Kier alpha value is -1.95. The monoisotopic (exact) mass is 288 g/mol. The summed E-state index contributed by atoms with van der Waals surface area (Å²) in [5, 5.41) is 2.79. The van der Waals surface area contributed by atoms with Gasteiger partial charge in [-0.25, -0.2) is 8.78 Å². The number of benzene rings is 1. The summed E-state index contributed by atoms with van der Waals surface area (Å²) in [7, 11) is 1.45. The Morgan fingerprint density at radius 3 is 2.53 bits per heavy atom. The summed E-state index contributed by atoms with van der Waals surface area (Å²) in [6.07, 6.45) is 0. The smallest absolute Gasteiger partial charge is 0.251 e. The molecule has 1 N–H and O–H groups in total. The number of pyridine rings is 1. The first-order chi connectivity index (χ1) is 9.01. The minimum Gasteiger partial charge on any atom is -0.495 e. The summed E-state index contributed by atoms with van der Waals surface area (Å²) in [6, 6.07) is 4.94. The first kappa shape index (κ1) is 13.5. The molecule has 0 unspecified atom stereocenters. The molecule has 0 spiro atoms. The van der Waals surface area contributed by atoms with Gasteiger partial charge in [0.05, 0.1) is 12.1 Å². The van der Waals surface area contributed by atoms with Crippen LogP contribution in [0.5, 0.6) is 5.75 Å². The van der Waals surface area contributed by atoms with E-state index in [1.54, 1.807) is 6.07 Å². The summed E-state index contributed by atoms with van der Waals surface area (Å²) in [6.45, 7) is 0. The molecule has 1 aromatic heterocycles. The number of anilines is 2. The second-order valence-corrected chi connectivity index (χ2v) is 3.97. The zero-order valence-electron chi connectivity index (χ0n) is 9.68. The van der Waals surface area contributed by atoms with Crippen molar-refractivity contribution in [3.05, 3.63) is 46.9 Å². The number of methoxy groups -OCH3 is 1. The second kappa shape index (κ2) is 5.36. The molecule has 0 saturated carbocycles. The Bertz CT molecular complexity index is 622. The van der Waals surface area contributed by atoms with Gasteiger partial charge < -0.3 is 10.1 Å². The van der Waals surface area contributed by atoms with E-state index in [4.69, 9.17) is 16.3 Å². The number of nitrogens with zero attached hydrogens (tertiary/aromatic N) is 1. The van der Waals surface area contributed by atoms with Gasteiger partial charge in [-0.2, -0.15) is 9.37 Å². The van der Waals surface area contributed by atoms with Crippen LogP contribution in [0, 0.1) is 17.6 Å². The van der Waals surface area contributed by atoms with Gasteiger partial charge in [-0.15, -0.1) is 0 Å². The van der Waals surface area contributed by atoms with Crippen LogP contribution < -0.4 is 10.1 Å². The maximum absolute atomic E-state index is 13.4. The van der Waals surface area contributed by atoms with Crippen molar-refractivity contribution in [1.29, 1.82) is 0 Å². The van der Waals surface area contributed by atoms with Crippen LogP contribution >= 0.6 is 11.6 Å². The van der Waals surface area contributed by atoms with E-state index >= 15 is 0 Å². The predicted octanol–water partition coefficient (Wildman–Crippen LogP) is 3.90. The van der Waals surface area contributed by atoms with Crippen molar-refractivity contribution in [2.75, 3.05) is 12.4 Å². The van der Waals surface area contributed by atoms with Crippen LogP contribution in [0.15, 0.2) is 24.3 Å². The Balaban J connectivity index is 2.31. The van der Waals surface area contributed by atoms with Crippen LogP contribution in [0.1, 0.15) is 0 Å². The van der Waals surface area contributed by atoms with Gasteiger partial charge in [0.1, 0.15) is 5.75 Å². The molecule has 3 nitrogen and oxygen atoms in total. The normalized spacial score (nSPS) is 10.4.